The molecule has 0 unspecified atom stereocenters. The quantitative estimate of drug-likeness (QED) is 0.742. The van der Waals surface area contributed by atoms with Crippen LogP contribution in [-0.2, 0) is 13.5 Å². The highest BCUT2D eigenvalue weighted by atomic mass is 16.1. The van der Waals surface area contributed by atoms with Crippen molar-refractivity contribution >= 4 is 5.69 Å². The summed E-state index contributed by atoms with van der Waals surface area (Å²) in [7, 11) is 1.76. The lowest BCUT2D eigenvalue weighted by Crippen LogP contribution is -2.23. The van der Waals surface area contributed by atoms with Crippen LogP contribution in [0.25, 0.3) is 0 Å². The molecule has 0 saturated heterocycles. The molecule has 0 aliphatic heterocycles. The molecule has 0 saturated carbocycles. The number of hydrogen-bond donors (Lipinski definition) is 1. The Balaban J connectivity index is 3.11. The summed E-state index contributed by atoms with van der Waals surface area (Å²) in [4.78, 5) is 11.4. The lowest BCUT2D eigenvalue weighted by atomic mass is 10.1. The van der Waals surface area contributed by atoms with Crippen LogP contribution in [0, 0.1) is 5.92 Å². The molecule has 0 aliphatic carbocycles. The number of anilines is 1. The zero-order valence-electron chi connectivity index (χ0n) is 8.37. The van der Waals surface area contributed by atoms with Crippen LogP contribution in [0.15, 0.2) is 16.9 Å². The lowest BCUT2D eigenvalue weighted by molar-refractivity contribution is 0.606. The second-order valence-corrected chi connectivity index (χ2v) is 3.74. The first kappa shape index (κ1) is 9.84. The standard InChI is InChI=1S/C10H16N2O/c1-7(2)6-8-4-5-9(11)10(13)12(8)3/h4-5,7H,6,11H2,1-3H3. The Hall–Kier alpha value is -1.25. The molecule has 13 heavy (non-hydrogen) atoms. The van der Waals surface area contributed by atoms with Crippen LogP contribution in [0.3, 0.4) is 0 Å². The fourth-order valence-electron chi connectivity index (χ4n) is 1.32. The SMILES string of the molecule is CC(C)Cc1ccc(N)c(=O)n1C. The van der Waals surface area contributed by atoms with Gasteiger partial charge in [0.05, 0.1) is 5.69 Å². The molecule has 1 rings (SSSR count). The molecule has 0 aromatic carbocycles. The molecule has 1 heterocycles. The number of nitrogens with zero attached hydrogens (tertiary/aromatic N) is 1. The minimum absolute atomic E-state index is 0.0989. The molecule has 0 fully saturated rings. The monoisotopic (exact) mass is 180 g/mol. The highest BCUT2D eigenvalue weighted by Gasteiger charge is 2.04. The largest absolute Gasteiger partial charge is 0.394 e. The van der Waals surface area contributed by atoms with Crippen LogP contribution in [0.4, 0.5) is 5.69 Å². The number of hydrogen-bond acceptors (Lipinski definition) is 2. The molecule has 2 N–H and O–H groups in total. The summed E-state index contributed by atoms with van der Waals surface area (Å²) in [5.41, 5.74) is 6.74. The van der Waals surface area contributed by atoms with Gasteiger partial charge in [0.25, 0.3) is 5.56 Å². The van der Waals surface area contributed by atoms with E-state index < -0.39 is 0 Å². The van der Waals surface area contributed by atoms with Crippen molar-refractivity contribution in [1.29, 1.82) is 0 Å². The maximum Gasteiger partial charge on any atom is 0.273 e. The molecule has 72 valence electrons. The van der Waals surface area contributed by atoms with E-state index >= 15 is 0 Å². The highest BCUT2D eigenvalue weighted by Crippen LogP contribution is 2.06. The average Bonchev–Trinajstić information content (AvgIpc) is 2.06. The third kappa shape index (κ3) is 2.11. The van der Waals surface area contributed by atoms with Crippen LogP contribution in [-0.4, -0.2) is 4.57 Å². The maximum absolute atomic E-state index is 11.4. The summed E-state index contributed by atoms with van der Waals surface area (Å²) in [6.45, 7) is 4.25. The molecule has 3 nitrogen and oxygen atoms in total. The van der Waals surface area contributed by atoms with Gasteiger partial charge in [-0.15, -0.1) is 0 Å². The first-order valence-corrected chi connectivity index (χ1v) is 4.46. The van der Waals surface area contributed by atoms with Crippen LogP contribution in [0.2, 0.25) is 0 Å². The van der Waals surface area contributed by atoms with Gasteiger partial charge in [0, 0.05) is 12.7 Å². The van der Waals surface area contributed by atoms with Gasteiger partial charge < -0.3 is 10.3 Å². The van der Waals surface area contributed by atoms with Crippen LogP contribution in [0.1, 0.15) is 19.5 Å². The Kier molecular flexibility index (Phi) is 2.76. The van der Waals surface area contributed by atoms with Crippen molar-refractivity contribution in [1.82, 2.24) is 4.57 Å². The van der Waals surface area contributed by atoms with Crippen LogP contribution in [0.5, 0.6) is 0 Å². The van der Waals surface area contributed by atoms with Crippen molar-refractivity contribution < 1.29 is 0 Å². The summed E-state index contributed by atoms with van der Waals surface area (Å²) in [5, 5.41) is 0. The molecule has 0 aliphatic rings. The minimum Gasteiger partial charge on any atom is -0.394 e. The Morgan fingerprint density at radius 2 is 2.08 bits per heavy atom. The molecule has 0 atom stereocenters. The normalized spacial score (nSPS) is 10.8. The van der Waals surface area contributed by atoms with Gasteiger partial charge in [-0.05, 0) is 24.5 Å². The number of aromatic nitrogens is 1. The molecule has 0 amide bonds. The van der Waals surface area contributed by atoms with E-state index in [1.807, 2.05) is 6.07 Å². The van der Waals surface area contributed by atoms with E-state index in [0.717, 1.165) is 12.1 Å². The third-order valence-corrected chi connectivity index (χ3v) is 2.06. The third-order valence-electron chi connectivity index (χ3n) is 2.06. The first-order valence-electron chi connectivity index (χ1n) is 4.46. The number of rotatable bonds is 2. The summed E-state index contributed by atoms with van der Waals surface area (Å²) < 4.78 is 1.62. The average molecular weight is 180 g/mol. The highest BCUT2D eigenvalue weighted by molar-refractivity contribution is 5.35. The summed E-state index contributed by atoms with van der Waals surface area (Å²) >= 11 is 0. The van der Waals surface area contributed by atoms with Gasteiger partial charge in [-0.25, -0.2) is 0 Å². The van der Waals surface area contributed by atoms with Crippen LogP contribution >= 0.6 is 0 Å². The van der Waals surface area contributed by atoms with E-state index in [0.29, 0.717) is 11.6 Å². The summed E-state index contributed by atoms with van der Waals surface area (Å²) in [6.07, 6.45) is 0.909. The molecular weight excluding hydrogens is 164 g/mol. The maximum atomic E-state index is 11.4. The lowest BCUT2D eigenvalue weighted by Gasteiger charge is -2.10. The number of pyridine rings is 1. The van der Waals surface area contributed by atoms with Gasteiger partial charge in [-0.2, -0.15) is 0 Å². The topological polar surface area (TPSA) is 48.0 Å². The van der Waals surface area contributed by atoms with E-state index in [1.165, 1.54) is 0 Å². The van der Waals surface area contributed by atoms with Crippen LogP contribution < -0.4 is 11.3 Å². The predicted molar refractivity (Wildman–Crippen MR) is 54.6 cm³/mol. The Bertz CT molecular complexity index is 352. The van der Waals surface area contributed by atoms with Crippen molar-refractivity contribution in [3.05, 3.63) is 28.2 Å². The second kappa shape index (κ2) is 3.64. The van der Waals surface area contributed by atoms with Gasteiger partial charge in [0.2, 0.25) is 0 Å². The fourth-order valence-corrected chi connectivity index (χ4v) is 1.32. The zero-order chi connectivity index (χ0) is 10.0. The smallest absolute Gasteiger partial charge is 0.273 e. The van der Waals surface area contributed by atoms with E-state index in [-0.39, 0.29) is 5.56 Å². The second-order valence-electron chi connectivity index (χ2n) is 3.74. The van der Waals surface area contributed by atoms with Crippen molar-refractivity contribution in [2.24, 2.45) is 13.0 Å². The van der Waals surface area contributed by atoms with Crippen molar-refractivity contribution in [2.45, 2.75) is 20.3 Å². The van der Waals surface area contributed by atoms with Gasteiger partial charge in [0.15, 0.2) is 0 Å². The molecule has 0 spiro atoms. The van der Waals surface area contributed by atoms with Gasteiger partial charge >= 0.3 is 0 Å². The molecule has 0 radical (unpaired) electrons. The van der Waals surface area contributed by atoms with Crippen molar-refractivity contribution in [2.75, 3.05) is 5.73 Å². The molecular formula is C10H16N2O. The predicted octanol–water partition coefficient (Wildman–Crippen LogP) is 1.17. The first-order chi connectivity index (χ1) is 6.02. The summed E-state index contributed by atoms with van der Waals surface area (Å²) in [5.74, 6) is 0.550. The van der Waals surface area contributed by atoms with E-state index in [9.17, 15) is 4.79 Å². The van der Waals surface area contributed by atoms with Crippen molar-refractivity contribution in [3.63, 3.8) is 0 Å². The number of nitrogens with two attached hydrogens (primary N) is 1. The number of nitrogen functional groups attached to an aromatic ring is 1. The summed E-state index contributed by atoms with van der Waals surface area (Å²) in [6, 6.07) is 3.59. The van der Waals surface area contributed by atoms with E-state index in [1.54, 1.807) is 17.7 Å². The van der Waals surface area contributed by atoms with Crippen molar-refractivity contribution in [3.8, 4) is 0 Å². The molecule has 3 heteroatoms. The zero-order valence-corrected chi connectivity index (χ0v) is 8.37. The van der Waals surface area contributed by atoms with E-state index in [4.69, 9.17) is 5.73 Å². The Labute approximate surface area is 78.2 Å². The Morgan fingerprint density at radius 3 is 2.62 bits per heavy atom. The fraction of sp³-hybridized carbons (Fsp3) is 0.500. The molecule has 0 bridgehead atoms. The minimum atomic E-state index is -0.0989. The van der Waals surface area contributed by atoms with Gasteiger partial charge in [0.1, 0.15) is 0 Å². The van der Waals surface area contributed by atoms with Gasteiger partial charge in [-0.3, -0.25) is 4.79 Å². The molecule has 1 aromatic rings. The Morgan fingerprint density at radius 1 is 1.46 bits per heavy atom. The van der Waals surface area contributed by atoms with E-state index in [2.05, 4.69) is 13.8 Å². The molecule has 1 aromatic heterocycles. The van der Waals surface area contributed by atoms with Gasteiger partial charge in [-0.1, -0.05) is 13.8 Å².